The summed E-state index contributed by atoms with van der Waals surface area (Å²) in [5.41, 5.74) is 0.292. The van der Waals surface area contributed by atoms with Gasteiger partial charge in [-0.05, 0) is 6.92 Å². The van der Waals surface area contributed by atoms with E-state index in [4.69, 9.17) is 0 Å². The van der Waals surface area contributed by atoms with Crippen LogP contribution in [0.2, 0.25) is 0 Å². The average molecular weight is 222 g/mol. The Balaban J connectivity index is 2.43. The van der Waals surface area contributed by atoms with Crippen molar-refractivity contribution < 1.29 is 4.79 Å². The number of carbonyl (C=O) groups is 1. The summed E-state index contributed by atoms with van der Waals surface area (Å²) >= 11 is 0. The summed E-state index contributed by atoms with van der Waals surface area (Å²) in [5, 5.41) is 5.77. The number of hydrogen-bond donors (Lipinski definition) is 2. The SMILES string of the molecule is CNc1cnc2n(c1=O)CC(C(C)=O)CN2. The van der Waals surface area contributed by atoms with Gasteiger partial charge in [0.25, 0.3) is 5.56 Å². The number of Topliss-reactive ketones (excluding diaryl/α,β-unsaturated/α-hetero) is 1. The molecule has 0 saturated heterocycles. The molecule has 0 amide bonds. The van der Waals surface area contributed by atoms with Crippen molar-refractivity contribution in [3.63, 3.8) is 0 Å². The van der Waals surface area contributed by atoms with E-state index in [0.717, 1.165) is 0 Å². The fourth-order valence-corrected chi connectivity index (χ4v) is 1.75. The minimum absolute atomic E-state index is 0.0833. The van der Waals surface area contributed by atoms with Gasteiger partial charge in [0.1, 0.15) is 11.5 Å². The number of nitrogens with one attached hydrogen (secondary N) is 2. The number of rotatable bonds is 2. The molecule has 0 radical (unpaired) electrons. The zero-order chi connectivity index (χ0) is 11.7. The maximum absolute atomic E-state index is 11.9. The standard InChI is InChI=1S/C10H14N4O2/c1-6(15)7-3-12-10-13-4-8(11-2)9(16)14(10)5-7/h4,7,11H,3,5H2,1-2H3,(H,12,13). The van der Waals surface area contributed by atoms with Gasteiger partial charge in [-0.15, -0.1) is 0 Å². The molecule has 0 aromatic carbocycles. The molecule has 0 spiro atoms. The zero-order valence-corrected chi connectivity index (χ0v) is 9.28. The van der Waals surface area contributed by atoms with Crippen LogP contribution in [0.5, 0.6) is 0 Å². The summed E-state index contributed by atoms with van der Waals surface area (Å²) < 4.78 is 1.50. The van der Waals surface area contributed by atoms with E-state index in [1.54, 1.807) is 7.05 Å². The highest BCUT2D eigenvalue weighted by Gasteiger charge is 2.23. The number of hydrogen-bond acceptors (Lipinski definition) is 5. The first-order chi connectivity index (χ1) is 7.63. The average Bonchev–Trinajstić information content (AvgIpc) is 2.29. The summed E-state index contributed by atoms with van der Waals surface area (Å²) in [7, 11) is 1.67. The Bertz CT molecular complexity index is 480. The molecule has 1 aliphatic rings. The monoisotopic (exact) mass is 222 g/mol. The number of anilines is 2. The van der Waals surface area contributed by atoms with Crippen LogP contribution in [0.4, 0.5) is 11.6 Å². The first kappa shape index (κ1) is 10.7. The van der Waals surface area contributed by atoms with Crippen LogP contribution in [0.1, 0.15) is 6.92 Å². The van der Waals surface area contributed by atoms with Crippen molar-refractivity contribution in [2.24, 2.45) is 5.92 Å². The lowest BCUT2D eigenvalue weighted by molar-refractivity contribution is -0.120. The quantitative estimate of drug-likeness (QED) is 0.731. The second-order valence-electron chi connectivity index (χ2n) is 3.85. The van der Waals surface area contributed by atoms with E-state index in [9.17, 15) is 9.59 Å². The molecule has 1 atom stereocenters. The highest BCUT2D eigenvalue weighted by Crippen LogP contribution is 2.14. The second kappa shape index (κ2) is 3.96. The highest BCUT2D eigenvalue weighted by molar-refractivity contribution is 5.79. The van der Waals surface area contributed by atoms with E-state index in [1.165, 1.54) is 17.7 Å². The van der Waals surface area contributed by atoms with Crippen LogP contribution < -0.4 is 16.2 Å². The lowest BCUT2D eigenvalue weighted by atomic mass is 10.0. The maximum Gasteiger partial charge on any atom is 0.278 e. The Morgan fingerprint density at radius 1 is 1.69 bits per heavy atom. The van der Waals surface area contributed by atoms with Gasteiger partial charge in [0.2, 0.25) is 5.95 Å². The van der Waals surface area contributed by atoms with Gasteiger partial charge in [0.15, 0.2) is 0 Å². The second-order valence-corrected chi connectivity index (χ2v) is 3.85. The molecule has 16 heavy (non-hydrogen) atoms. The Morgan fingerprint density at radius 2 is 2.44 bits per heavy atom. The number of fused-ring (bicyclic) bond motifs is 1. The summed E-state index contributed by atoms with van der Waals surface area (Å²) in [6.45, 7) is 2.48. The first-order valence-corrected chi connectivity index (χ1v) is 5.15. The maximum atomic E-state index is 11.9. The van der Waals surface area contributed by atoms with Crippen molar-refractivity contribution in [2.75, 3.05) is 24.2 Å². The van der Waals surface area contributed by atoms with E-state index in [0.29, 0.717) is 24.7 Å². The molecule has 86 valence electrons. The Morgan fingerprint density at radius 3 is 3.06 bits per heavy atom. The lowest BCUT2D eigenvalue weighted by Crippen LogP contribution is -2.39. The third-order valence-corrected chi connectivity index (χ3v) is 2.80. The van der Waals surface area contributed by atoms with Crippen LogP contribution in [0, 0.1) is 5.92 Å². The smallest absolute Gasteiger partial charge is 0.278 e. The van der Waals surface area contributed by atoms with Crippen molar-refractivity contribution in [1.82, 2.24) is 9.55 Å². The summed E-state index contributed by atoms with van der Waals surface area (Å²) in [5.74, 6) is 0.459. The van der Waals surface area contributed by atoms with Crippen LogP contribution in [0.15, 0.2) is 11.0 Å². The normalized spacial score (nSPS) is 18.5. The molecule has 1 aromatic rings. The molecule has 0 bridgehead atoms. The predicted molar refractivity (Wildman–Crippen MR) is 60.7 cm³/mol. The lowest BCUT2D eigenvalue weighted by Gasteiger charge is -2.25. The largest absolute Gasteiger partial charge is 0.382 e. The van der Waals surface area contributed by atoms with Gasteiger partial charge in [-0.2, -0.15) is 0 Å². The molecule has 0 saturated carbocycles. The van der Waals surface area contributed by atoms with Gasteiger partial charge in [0, 0.05) is 20.1 Å². The third kappa shape index (κ3) is 1.66. The van der Waals surface area contributed by atoms with Crippen molar-refractivity contribution in [3.8, 4) is 0 Å². The van der Waals surface area contributed by atoms with E-state index in [1.807, 2.05) is 0 Å². The van der Waals surface area contributed by atoms with Gasteiger partial charge < -0.3 is 10.6 Å². The summed E-state index contributed by atoms with van der Waals surface area (Å²) in [6, 6.07) is 0. The fraction of sp³-hybridized carbons (Fsp3) is 0.500. The molecule has 2 N–H and O–H groups in total. The molecule has 0 fully saturated rings. The molecule has 2 rings (SSSR count). The zero-order valence-electron chi connectivity index (χ0n) is 9.28. The van der Waals surface area contributed by atoms with Crippen LogP contribution in [-0.2, 0) is 11.3 Å². The van der Waals surface area contributed by atoms with Gasteiger partial charge in [-0.1, -0.05) is 0 Å². The minimum Gasteiger partial charge on any atom is -0.382 e. The fourth-order valence-electron chi connectivity index (χ4n) is 1.75. The number of ketones is 1. The molecule has 1 aliphatic heterocycles. The van der Waals surface area contributed by atoms with E-state index in [2.05, 4.69) is 15.6 Å². The van der Waals surface area contributed by atoms with Crippen LogP contribution in [0.3, 0.4) is 0 Å². The molecule has 1 unspecified atom stereocenters. The highest BCUT2D eigenvalue weighted by atomic mass is 16.1. The summed E-state index contributed by atoms with van der Waals surface area (Å²) in [4.78, 5) is 27.3. The molecule has 6 heteroatoms. The van der Waals surface area contributed by atoms with Crippen LogP contribution >= 0.6 is 0 Å². The van der Waals surface area contributed by atoms with Crippen molar-refractivity contribution in [3.05, 3.63) is 16.6 Å². The van der Waals surface area contributed by atoms with E-state index >= 15 is 0 Å². The van der Waals surface area contributed by atoms with Crippen molar-refractivity contribution in [2.45, 2.75) is 13.5 Å². The molecular weight excluding hydrogens is 208 g/mol. The third-order valence-electron chi connectivity index (χ3n) is 2.80. The molecule has 2 heterocycles. The van der Waals surface area contributed by atoms with Gasteiger partial charge in [-0.3, -0.25) is 14.2 Å². The molecule has 1 aromatic heterocycles. The minimum atomic E-state index is -0.154. The molecule has 0 aliphatic carbocycles. The number of carbonyl (C=O) groups excluding carboxylic acids is 1. The molecule has 6 nitrogen and oxygen atoms in total. The Kier molecular flexibility index (Phi) is 2.64. The first-order valence-electron chi connectivity index (χ1n) is 5.15. The molecular formula is C10H14N4O2. The van der Waals surface area contributed by atoms with E-state index < -0.39 is 0 Å². The van der Waals surface area contributed by atoms with Crippen LogP contribution in [0.25, 0.3) is 0 Å². The predicted octanol–water partition coefficient (Wildman–Crippen LogP) is -0.0843. The van der Waals surface area contributed by atoms with Crippen molar-refractivity contribution >= 4 is 17.4 Å². The Labute approximate surface area is 92.7 Å². The number of nitrogens with zero attached hydrogens (tertiary/aromatic N) is 2. The summed E-state index contributed by atoms with van der Waals surface area (Å²) in [6.07, 6.45) is 1.50. The van der Waals surface area contributed by atoms with Gasteiger partial charge >= 0.3 is 0 Å². The van der Waals surface area contributed by atoms with Gasteiger partial charge in [0.05, 0.1) is 12.1 Å². The number of aromatic nitrogens is 2. The Hall–Kier alpha value is -1.85. The topological polar surface area (TPSA) is 76.0 Å². The van der Waals surface area contributed by atoms with E-state index in [-0.39, 0.29) is 17.3 Å². The van der Waals surface area contributed by atoms with Crippen LogP contribution in [-0.4, -0.2) is 28.9 Å². The van der Waals surface area contributed by atoms with Gasteiger partial charge in [-0.25, -0.2) is 4.98 Å². The van der Waals surface area contributed by atoms with Crippen molar-refractivity contribution in [1.29, 1.82) is 0 Å².